The predicted molar refractivity (Wildman–Crippen MR) is 144 cm³/mol. The lowest BCUT2D eigenvalue weighted by Crippen LogP contribution is -2.46. The molecule has 8 nitrogen and oxygen atoms in total. The fraction of sp³-hybridized carbons (Fsp3) is 0.385. The Kier molecular flexibility index (Phi) is 8.58. The third kappa shape index (κ3) is 6.41. The Bertz CT molecular complexity index is 1070. The van der Waals surface area contributed by atoms with Gasteiger partial charge >= 0.3 is 0 Å². The molecule has 36 heavy (non-hydrogen) atoms. The van der Waals surface area contributed by atoms with Gasteiger partial charge in [0.05, 0.1) is 0 Å². The molecule has 0 bridgehead atoms. The van der Waals surface area contributed by atoms with Gasteiger partial charge in [-0.25, -0.2) is 0 Å². The standard InChI is InChI=1S/C26H32N4O4S2/c27-25(33)11-12-36(29-17-32,24-14-21(24)19-9-5-2-6-10-19)35-15-23(28-16-31)26(34)30-22-13-20(22)18-7-3-1-4-8-18/h1-10,16-17,20-24H,11-15H2,(H2,27,33)(H,28,31)(H,29,32)(H,30,34). The van der Waals surface area contributed by atoms with E-state index in [1.807, 2.05) is 48.5 Å². The number of nitrogens with one attached hydrogen (secondary N) is 3. The first-order valence-electron chi connectivity index (χ1n) is 12.0. The third-order valence-electron chi connectivity index (χ3n) is 6.72. The lowest BCUT2D eigenvalue weighted by molar-refractivity contribution is -0.124. The first-order valence-corrected chi connectivity index (χ1v) is 15.4. The number of hydrogen-bond acceptors (Lipinski definition) is 5. The van der Waals surface area contributed by atoms with Crippen LogP contribution in [0.2, 0.25) is 0 Å². The van der Waals surface area contributed by atoms with Crippen LogP contribution in [0.25, 0.3) is 0 Å². The van der Waals surface area contributed by atoms with Gasteiger partial charge in [0.25, 0.3) is 0 Å². The van der Waals surface area contributed by atoms with E-state index in [2.05, 4.69) is 27.5 Å². The van der Waals surface area contributed by atoms with E-state index < -0.39 is 21.2 Å². The fourth-order valence-corrected chi connectivity index (χ4v) is 11.3. The second kappa shape index (κ2) is 11.8. The summed E-state index contributed by atoms with van der Waals surface area (Å²) < 4.78 is 3.04. The van der Waals surface area contributed by atoms with E-state index in [1.54, 1.807) is 0 Å². The Labute approximate surface area is 216 Å². The second-order valence-electron chi connectivity index (χ2n) is 9.16. The molecule has 0 heterocycles. The smallest absolute Gasteiger partial charge is 0.243 e. The van der Waals surface area contributed by atoms with Crippen molar-refractivity contribution >= 4 is 44.7 Å². The third-order valence-corrected chi connectivity index (χ3v) is 13.6. The number of carbonyl (C=O) groups excluding carboxylic acids is 4. The van der Waals surface area contributed by atoms with E-state index in [-0.39, 0.29) is 41.2 Å². The Hall–Kier alpha value is -2.98. The molecule has 2 aliphatic carbocycles. The Morgan fingerprint density at radius 3 is 2.19 bits per heavy atom. The summed E-state index contributed by atoms with van der Waals surface area (Å²) >= 11 is 0. The highest BCUT2D eigenvalue weighted by Gasteiger charge is 2.51. The minimum atomic E-state index is -1.90. The topological polar surface area (TPSA) is 130 Å². The van der Waals surface area contributed by atoms with Gasteiger partial charge in [0.1, 0.15) is 6.04 Å². The lowest BCUT2D eigenvalue weighted by Gasteiger charge is -2.40. The normalized spacial score (nSPS) is 25.3. The molecule has 2 fully saturated rings. The molecule has 6 atom stereocenters. The summed E-state index contributed by atoms with van der Waals surface area (Å²) in [5, 5.41) is 5.85. The molecule has 2 saturated carbocycles. The van der Waals surface area contributed by atoms with Crippen LogP contribution in [0.3, 0.4) is 0 Å². The van der Waals surface area contributed by atoms with Gasteiger partial charge in [0, 0.05) is 35.1 Å². The molecule has 192 valence electrons. The highest BCUT2D eigenvalue weighted by atomic mass is 33.2. The zero-order chi connectivity index (χ0) is 25.5. The minimum absolute atomic E-state index is 0.0341. The molecule has 6 unspecified atom stereocenters. The molecule has 2 aliphatic rings. The fourth-order valence-electron chi connectivity index (χ4n) is 4.63. The molecule has 0 aliphatic heterocycles. The van der Waals surface area contributed by atoms with Crippen molar-refractivity contribution in [2.24, 2.45) is 5.73 Å². The Morgan fingerprint density at radius 1 is 0.972 bits per heavy atom. The lowest BCUT2D eigenvalue weighted by atomic mass is 10.1. The van der Waals surface area contributed by atoms with Crippen molar-refractivity contribution in [2.75, 3.05) is 11.5 Å². The van der Waals surface area contributed by atoms with Gasteiger partial charge in [-0.1, -0.05) is 71.5 Å². The number of nitrogens with two attached hydrogens (primary N) is 1. The Balaban J connectivity index is 1.44. The maximum Gasteiger partial charge on any atom is 0.243 e. The van der Waals surface area contributed by atoms with Crippen LogP contribution >= 0.6 is 20.0 Å². The number of rotatable bonds is 15. The number of primary amides is 1. The van der Waals surface area contributed by atoms with E-state index in [4.69, 9.17) is 5.73 Å². The average Bonchev–Trinajstić information content (AvgIpc) is 3.81. The molecule has 0 aromatic heterocycles. The quantitative estimate of drug-likeness (QED) is 0.208. The first kappa shape index (κ1) is 26.1. The second-order valence-corrected chi connectivity index (χ2v) is 14.9. The average molecular weight is 529 g/mol. The summed E-state index contributed by atoms with van der Waals surface area (Å²) in [4.78, 5) is 47.8. The monoisotopic (exact) mass is 528 g/mol. The zero-order valence-corrected chi connectivity index (χ0v) is 21.5. The van der Waals surface area contributed by atoms with Crippen LogP contribution in [0.1, 0.15) is 42.2 Å². The number of benzene rings is 2. The number of amides is 4. The van der Waals surface area contributed by atoms with Crippen molar-refractivity contribution in [3.8, 4) is 0 Å². The van der Waals surface area contributed by atoms with Gasteiger partial charge in [-0.05, 0) is 29.9 Å². The molecule has 2 aromatic rings. The summed E-state index contributed by atoms with van der Waals surface area (Å²) in [6.45, 7) is 0. The maximum absolute atomic E-state index is 13.1. The minimum Gasteiger partial charge on any atom is -0.370 e. The van der Waals surface area contributed by atoms with E-state index in [1.165, 1.54) is 21.9 Å². The van der Waals surface area contributed by atoms with E-state index in [9.17, 15) is 19.2 Å². The van der Waals surface area contributed by atoms with Gasteiger partial charge in [-0.3, -0.25) is 19.2 Å². The summed E-state index contributed by atoms with van der Waals surface area (Å²) in [6, 6.07) is 19.4. The molecule has 4 rings (SSSR count). The van der Waals surface area contributed by atoms with Gasteiger partial charge < -0.3 is 21.1 Å². The van der Waals surface area contributed by atoms with Crippen molar-refractivity contribution in [2.45, 2.75) is 48.4 Å². The summed E-state index contributed by atoms with van der Waals surface area (Å²) in [5.41, 5.74) is 7.83. The SMILES string of the molecule is NC(=O)CCS(NC=O)(SCC(NC=O)C(=O)NC1CC1c1ccccc1)C1CC1c1ccccc1. The van der Waals surface area contributed by atoms with E-state index >= 15 is 0 Å². The molecule has 2 aromatic carbocycles. The van der Waals surface area contributed by atoms with Crippen molar-refractivity contribution in [3.63, 3.8) is 0 Å². The maximum atomic E-state index is 13.1. The Morgan fingerprint density at radius 2 is 1.61 bits per heavy atom. The molecular weight excluding hydrogens is 496 g/mol. The zero-order valence-electron chi connectivity index (χ0n) is 19.9. The summed E-state index contributed by atoms with van der Waals surface area (Å²) in [5.74, 6) is 0.558. The highest BCUT2D eigenvalue weighted by molar-refractivity contribution is 8.93. The molecule has 0 saturated heterocycles. The van der Waals surface area contributed by atoms with Crippen LogP contribution < -0.4 is 21.1 Å². The van der Waals surface area contributed by atoms with Crippen molar-refractivity contribution in [3.05, 3.63) is 71.8 Å². The molecule has 4 amide bonds. The number of hydrogen-bond donors (Lipinski definition) is 4. The van der Waals surface area contributed by atoms with E-state index in [0.29, 0.717) is 18.6 Å². The van der Waals surface area contributed by atoms with Crippen molar-refractivity contribution in [1.82, 2.24) is 15.4 Å². The molecule has 0 spiro atoms. The first-order chi connectivity index (χ1) is 17.5. The van der Waals surface area contributed by atoms with Crippen LogP contribution in [0.15, 0.2) is 60.7 Å². The van der Waals surface area contributed by atoms with Crippen LogP contribution in [0.5, 0.6) is 0 Å². The highest BCUT2D eigenvalue weighted by Crippen LogP contribution is 2.72. The van der Waals surface area contributed by atoms with Crippen molar-refractivity contribution < 1.29 is 19.2 Å². The molecule has 5 N–H and O–H groups in total. The van der Waals surface area contributed by atoms with Crippen molar-refractivity contribution in [1.29, 1.82) is 0 Å². The van der Waals surface area contributed by atoms with Crippen LogP contribution in [0, 0.1) is 0 Å². The van der Waals surface area contributed by atoms with Gasteiger partial charge in [0.15, 0.2) is 0 Å². The van der Waals surface area contributed by atoms with Gasteiger partial charge in [0.2, 0.25) is 24.6 Å². The van der Waals surface area contributed by atoms with Crippen LogP contribution in [0.4, 0.5) is 0 Å². The molecule has 0 radical (unpaired) electrons. The summed E-state index contributed by atoms with van der Waals surface area (Å²) in [7, 11) is -0.419. The largest absolute Gasteiger partial charge is 0.370 e. The van der Waals surface area contributed by atoms with Gasteiger partial charge in [-0.15, -0.1) is 9.25 Å². The molecular formula is C26H32N4O4S2. The summed E-state index contributed by atoms with van der Waals surface area (Å²) in [6.07, 6.45) is 3.09. The molecule has 10 heteroatoms. The van der Waals surface area contributed by atoms with Crippen LogP contribution in [-0.4, -0.2) is 53.5 Å². The van der Waals surface area contributed by atoms with Gasteiger partial charge in [-0.2, -0.15) is 0 Å². The van der Waals surface area contributed by atoms with Crippen LogP contribution in [-0.2, 0) is 19.2 Å². The predicted octanol–water partition coefficient (Wildman–Crippen LogP) is 2.32. The number of carbonyl (C=O) groups is 4. The van der Waals surface area contributed by atoms with E-state index in [0.717, 1.165) is 12.8 Å².